The lowest BCUT2D eigenvalue weighted by atomic mass is 10.0. The van der Waals surface area contributed by atoms with Gasteiger partial charge in [-0.1, -0.05) is 47.3 Å². The monoisotopic (exact) mass is 404 g/mol. The number of carbonyl (C=O) groups excluding carboxylic acids is 1. The van der Waals surface area contributed by atoms with Crippen LogP contribution in [-0.4, -0.2) is 19.7 Å². The van der Waals surface area contributed by atoms with Crippen LogP contribution in [0.3, 0.4) is 0 Å². The number of rotatable bonds is 10. The van der Waals surface area contributed by atoms with Crippen molar-refractivity contribution in [2.24, 2.45) is 0 Å². The number of aryl methyl sites for hydroxylation is 1. The molecule has 0 N–H and O–H groups in total. The van der Waals surface area contributed by atoms with Crippen molar-refractivity contribution in [2.45, 2.75) is 38.5 Å². The normalized spacial score (nSPS) is 10.5. The lowest BCUT2D eigenvalue weighted by Crippen LogP contribution is -2.00. The second-order valence-corrected chi connectivity index (χ2v) is 6.92. The first-order valence-corrected chi connectivity index (χ1v) is 9.54. The molecule has 2 aromatic rings. The Balaban J connectivity index is 1.52. The van der Waals surface area contributed by atoms with Gasteiger partial charge in [0.25, 0.3) is 0 Å². The molecule has 0 atom stereocenters. The molecule has 4 heteroatoms. The number of ether oxygens (including phenoxy) is 2. The highest BCUT2D eigenvalue weighted by atomic mass is 79.9. The molecule has 3 nitrogen and oxygen atoms in total. The van der Waals surface area contributed by atoms with Gasteiger partial charge in [0.05, 0.1) is 19.3 Å². The first kappa shape index (κ1) is 19.5. The van der Waals surface area contributed by atoms with Crippen molar-refractivity contribution >= 4 is 21.9 Å². The number of methoxy groups -OCH3 is 1. The molecule has 134 valence electrons. The Kier molecular flexibility index (Phi) is 8.53. The SMILES string of the molecule is COC(=O)c1ccc(CCCCCCCOc2ccc(Br)cc2)cc1. The predicted octanol–water partition coefficient (Wildman–Crippen LogP) is 5.81. The second-order valence-electron chi connectivity index (χ2n) is 6.01. The number of unbranched alkanes of at least 4 members (excludes halogenated alkanes) is 4. The number of hydrogen-bond acceptors (Lipinski definition) is 3. The minimum absolute atomic E-state index is 0.281. The Labute approximate surface area is 158 Å². The number of benzene rings is 2. The molecular weight excluding hydrogens is 380 g/mol. The molecule has 0 radical (unpaired) electrons. The number of halogens is 1. The third kappa shape index (κ3) is 7.30. The van der Waals surface area contributed by atoms with Crippen molar-refractivity contribution in [1.82, 2.24) is 0 Å². The highest BCUT2D eigenvalue weighted by Gasteiger charge is 2.04. The van der Waals surface area contributed by atoms with E-state index in [4.69, 9.17) is 9.47 Å². The highest BCUT2D eigenvalue weighted by molar-refractivity contribution is 9.10. The summed E-state index contributed by atoms with van der Waals surface area (Å²) in [5.41, 5.74) is 1.88. The summed E-state index contributed by atoms with van der Waals surface area (Å²) >= 11 is 3.42. The van der Waals surface area contributed by atoms with Crippen LogP contribution in [0.15, 0.2) is 53.0 Å². The van der Waals surface area contributed by atoms with Crippen LogP contribution in [0, 0.1) is 0 Å². The average molecular weight is 405 g/mol. The molecule has 0 aliphatic rings. The first-order chi connectivity index (χ1) is 12.2. The molecular formula is C21H25BrO3. The molecule has 0 spiro atoms. The van der Waals surface area contributed by atoms with Crippen LogP contribution >= 0.6 is 15.9 Å². The molecule has 2 aromatic carbocycles. The van der Waals surface area contributed by atoms with Gasteiger partial charge in [0.15, 0.2) is 0 Å². The van der Waals surface area contributed by atoms with Gasteiger partial charge in [0.2, 0.25) is 0 Å². The van der Waals surface area contributed by atoms with Gasteiger partial charge >= 0.3 is 5.97 Å². The smallest absolute Gasteiger partial charge is 0.337 e. The van der Waals surface area contributed by atoms with Gasteiger partial charge < -0.3 is 9.47 Å². The summed E-state index contributed by atoms with van der Waals surface area (Å²) in [6.07, 6.45) is 6.95. The molecule has 0 bridgehead atoms. The third-order valence-corrected chi connectivity index (χ3v) is 4.60. The summed E-state index contributed by atoms with van der Waals surface area (Å²) in [6.45, 7) is 0.774. The lowest BCUT2D eigenvalue weighted by Gasteiger charge is -2.06. The fourth-order valence-corrected chi connectivity index (χ4v) is 2.87. The zero-order chi connectivity index (χ0) is 17.9. The zero-order valence-electron chi connectivity index (χ0n) is 14.7. The summed E-state index contributed by atoms with van der Waals surface area (Å²) < 4.78 is 11.5. The van der Waals surface area contributed by atoms with Crippen molar-refractivity contribution in [2.75, 3.05) is 13.7 Å². The van der Waals surface area contributed by atoms with Gasteiger partial charge in [-0.2, -0.15) is 0 Å². The van der Waals surface area contributed by atoms with Crippen molar-refractivity contribution in [3.8, 4) is 5.75 Å². The fourth-order valence-electron chi connectivity index (χ4n) is 2.61. The summed E-state index contributed by atoms with van der Waals surface area (Å²) in [5.74, 6) is 0.649. The molecule has 0 heterocycles. The van der Waals surface area contributed by atoms with Gasteiger partial charge in [-0.05, 0) is 61.2 Å². The molecule has 25 heavy (non-hydrogen) atoms. The van der Waals surface area contributed by atoms with Crippen molar-refractivity contribution < 1.29 is 14.3 Å². The Morgan fingerprint density at radius 2 is 1.52 bits per heavy atom. The van der Waals surface area contributed by atoms with Gasteiger partial charge in [0, 0.05) is 4.47 Å². The summed E-state index contributed by atoms with van der Waals surface area (Å²) in [7, 11) is 1.40. The summed E-state index contributed by atoms with van der Waals surface area (Å²) in [5, 5.41) is 0. The first-order valence-electron chi connectivity index (χ1n) is 8.74. The fraction of sp³-hybridized carbons (Fsp3) is 0.381. The zero-order valence-corrected chi connectivity index (χ0v) is 16.3. The molecule has 0 aliphatic carbocycles. The van der Waals surface area contributed by atoms with E-state index in [1.807, 2.05) is 48.5 Å². The van der Waals surface area contributed by atoms with Gasteiger partial charge in [-0.15, -0.1) is 0 Å². The molecule has 0 fully saturated rings. The topological polar surface area (TPSA) is 35.5 Å². The molecule has 0 aromatic heterocycles. The molecule has 0 saturated carbocycles. The minimum atomic E-state index is -0.281. The van der Waals surface area contributed by atoms with Crippen LogP contribution in [0.25, 0.3) is 0 Å². The van der Waals surface area contributed by atoms with E-state index < -0.39 is 0 Å². The van der Waals surface area contributed by atoms with Crippen LogP contribution in [0.4, 0.5) is 0 Å². The maximum atomic E-state index is 11.4. The van der Waals surface area contributed by atoms with E-state index in [0.717, 1.165) is 29.7 Å². The van der Waals surface area contributed by atoms with Crippen LogP contribution in [0.1, 0.15) is 48.0 Å². The average Bonchev–Trinajstić information content (AvgIpc) is 2.65. The van der Waals surface area contributed by atoms with Gasteiger partial charge in [-0.3, -0.25) is 0 Å². The van der Waals surface area contributed by atoms with E-state index in [9.17, 15) is 4.79 Å². The molecule has 0 saturated heterocycles. The van der Waals surface area contributed by atoms with E-state index in [1.165, 1.54) is 38.4 Å². The van der Waals surface area contributed by atoms with Gasteiger partial charge in [-0.25, -0.2) is 4.79 Å². The van der Waals surface area contributed by atoms with E-state index >= 15 is 0 Å². The van der Waals surface area contributed by atoms with E-state index in [-0.39, 0.29) is 5.97 Å². The van der Waals surface area contributed by atoms with Crippen LogP contribution in [0.5, 0.6) is 5.75 Å². The van der Waals surface area contributed by atoms with Crippen LogP contribution in [-0.2, 0) is 11.2 Å². The van der Waals surface area contributed by atoms with Crippen LogP contribution in [0.2, 0.25) is 0 Å². The van der Waals surface area contributed by atoms with Gasteiger partial charge in [0.1, 0.15) is 5.75 Å². The maximum Gasteiger partial charge on any atom is 0.337 e. The summed E-state index contributed by atoms with van der Waals surface area (Å²) in [6, 6.07) is 15.6. The Morgan fingerprint density at radius 3 is 2.20 bits per heavy atom. The Bertz CT molecular complexity index is 635. The second kappa shape index (κ2) is 10.9. The number of hydrogen-bond donors (Lipinski definition) is 0. The molecule has 0 unspecified atom stereocenters. The van der Waals surface area contributed by atoms with E-state index in [1.54, 1.807) is 0 Å². The Hall–Kier alpha value is -1.81. The van der Waals surface area contributed by atoms with Crippen LogP contribution < -0.4 is 4.74 Å². The van der Waals surface area contributed by atoms with Crippen molar-refractivity contribution in [3.05, 3.63) is 64.1 Å². The largest absolute Gasteiger partial charge is 0.494 e. The number of esters is 1. The molecule has 0 amide bonds. The standard InChI is InChI=1S/C21H25BrO3/c1-24-21(23)18-10-8-17(9-11-18)7-5-3-2-4-6-16-25-20-14-12-19(22)13-15-20/h8-15H,2-7,16H2,1H3. The summed E-state index contributed by atoms with van der Waals surface area (Å²) in [4.78, 5) is 11.4. The quantitative estimate of drug-likeness (QED) is 0.370. The van der Waals surface area contributed by atoms with E-state index in [0.29, 0.717) is 5.56 Å². The number of carbonyl (C=O) groups is 1. The van der Waals surface area contributed by atoms with Crippen molar-refractivity contribution in [1.29, 1.82) is 0 Å². The van der Waals surface area contributed by atoms with E-state index in [2.05, 4.69) is 15.9 Å². The van der Waals surface area contributed by atoms with Crippen molar-refractivity contribution in [3.63, 3.8) is 0 Å². The minimum Gasteiger partial charge on any atom is -0.494 e. The Morgan fingerprint density at radius 1 is 0.880 bits per heavy atom. The predicted molar refractivity (Wildman–Crippen MR) is 104 cm³/mol. The molecule has 2 rings (SSSR count). The third-order valence-electron chi connectivity index (χ3n) is 4.07. The highest BCUT2D eigenvalue weighted by Crippen LogP contribution is 2.17. The maximum absolute atomic E-state index is 11.4. The lowest BCUT2D eigenvalue weighted by molar-refractivity contribution is 0.0600. The molecule has 0 aliphatic heterocycles.